The van der Waals surface area contributed by atoms with E-state index in [0.29, 0.717) is 0 Å². The molecule has 18 heavy (non-hydrogen) atoms. The summed E-state index contributed by atoms with van der Waals surface area (Å²) in [6.07, 6.45) is 0. The van der Waals surface area contributed by atoms with Crippen molar-refractivity contribution in [2.45, 2.75) is 39.8 Å². The molecule has 0 saturated heterocycles. The van der Waals surface area contributed by atoms with Gasteiger partial charge in [0.05, 0.1) is 12.1 Å². The first-order chi connectivity index (χ1) is 8.23. The fraction of sp³-hybridized carbons (Fsp3) is 0.500. The van der Waals surface area contributed by atoms with Crippen LogP contribution in [0.25, 0.3) is 0 Å². The molecule has 0 spiro atoms. The lowest BCUT2D eigenvalue weighted by molar-refractivity contribution is -0.125. The molecule has 0 unspecified atom stereocenters. The van der Waals surface area contributed by atoms with Crippen molar-refractivity contribution in [3.8, 4) is 0 Å². The van der Waals surface area contributed by atoms with E-state index < -0.39 is 6.04 Å². The van der Waals surface area contributed by atoms with E-state index in [0.717, 1.165) is 10.0 Å². The molecule has 1 aromatic carbocycles. The average molecular weight is 313 g/mol. The molecule has 0 aliphatic carbocycles. The van der Waals surface area contributed by atoms with Gasteiger partial charge in [0.25, 0.3) is 0 Å². The van der Waals surface area contributed by atoms with Gasteiger partial charge in [0.2, 0.25) is 5.91 Å². The Labute approximate surface area is 117 Å². The highest BCUT2D eigenvalue weighted by atomic mass is 79.9. The molecule has 0 fully saturated rings. The largest absolute Gasteiger partial charge is 0.348 e. The predicted octanol–water partition coefficient (Wildman–Crippen LogP) is 3.00. The van der Waals surface area contributed by atoms with Crippen LogP contribution in [0.4, 0.5) is 0 Å². The molecule has 0 radical (unpaired) electrons. The molecule has 100 valence electrons. The number of rotatable bonds is 3. The van der Waals surface area contributed by atoms with Gasteiger partial charge in [-0.1, -0.05) is 54.9 Å². The second-order valence-corrected chi connectivity index (χ2v) is 6.45. The number of carbonyl (C=O) groups is 1. The van der Waals surface area contributed by atoms with E-state index in [-0.39, 0.29) is 17.4 Å². The van der Waals surface area contributed by atoms with E-state index in [4.69, 9.17) is 5.73 Å². The van der Waals surface area contributed by atoms with Crippen LogP contribution in [0.1, 0.15) is 39.3 Å². The topological polar surface area (TPSA) is 55.1 Å². The van der Waals surface area contributed by atoms with E-state index in [1.807, 2.05) is 52.0 Å². The monoisotopic (exact) mass is 312 g/mol. The summed E-state index contributed by atoms with van der Waals surface area (Å²) < 4.78 is 0.988. The van der Waals surface area contributed by atoms with Crippen LogP contribution in [0.3, 0.4) is 0 Å². The summed E-state index contributed by atoms with van der Waals surface area (Å²) in [6, 6.07) is 7.26. The second kappa shape index (κ2) is 5.85. The van der Waals surface area contributed by atoms with Crippen molar-refractivity contribution >= 4 is 21.8 Å². The SMILES string of the molecule is C[C@@H](NC(=O)[C@@H](N)C(C)(C)C)c1ccccc1Br. The summed E-state index contributed by atoms with van der Waals surface area (Å²) in [7, 11) is 0. The van der Waals surface area contributed by atoms with Crippen molar-refractivity contribution in [2.24, 2.45) is 11.1 Å². The second-order valence-electron chi connectivity index (χ2n) is 5.60. The summed E-state index contributed by atoms with van der Waals surface area (Å²) in [5.74, 6) is -0.120. The zero-order valence-corrected chi connectivity index (χ0v) is 12.9. The Morgan fingerprint density at radius 2 is 1.89 bits per heavy atom. The molecule has 2 atom stereocenters. The van der Waals surface area contributed by atoms with Crippen LogP contribution in [0, 0.1) is 5.41 Å². The molecule has 0 aliphatic heterocycles. The van der Waals surface area contributed by atoms with Gasteiger partial charge in [-0.25, -0.2) is 0 Å². The quantitative estimate of drug-likeness (QED) is 0.901. The summed E-state index contributed by atoms with van der Waals surface area (Å²) in [4.78, 5) is 12.0. The van der Waals surface area contributed by atoms with Gasteiger partial charge in [0.1, 0.15) is 0 Å². The Kier molecular flexibility index (Phi) is 4.93. The third kappa shape index (κ3) is 3.82. The van der Waals surface area contributed by atoms with Crippen molar-refractivity contribution in [3.63, 3.8) is 0 Å². The zero-order valence-electron chi connectivity index (χ0n) is 11.3. The molecule has 0 aromatic heterocycles. The molecule has 4 heteroatoms. The van der Waals surface area contributed by atoms with E-state index in [2.05, 4.69) is 21.2 Å². The summed E-state index contributed by atoms with van der Waals surface area (Å²) in [5, 5.41) is 2.95. The number of carbonyl (C=O) groups excluding carboxylic acids is 1. The lowest BCUT2D eigenvalue weighted by Crippen LogP contribution is -2.49. The highest BCUT2D eigenvalue weighted by Gasteiger charge is 2.28. The molecule has 1 amide bonds. The molecule has 1 aromatic rings. The smallest absolute Gasteiger partial charge is 0.237 e. The molecule has 0 saturated carbocycles. The van der Waals surface area contributed by atoms with Gasteiger partial charge in [-0.15, -0.1) is 0 Å². The van der Waals surface area contributed by atoms with Gasteiger partial charge in [0, 0.05) is 4.47 Å². The highest BCUT2D eigenvalue weighted by Crippen LogP contribution is 2.24. The minimum Gasteiger partial charge on any atom is -0.348 e. The van der Waals surface area contributed by atoms with Crippen molar-refractivity contribution in [3.05, 3.63) is 34.3 Å². The first-order valence-corrected chi connectivity index (χ1v) is 6.83. The molecule has 0 aliphatic rings. The molecular formula is C14H21BrN2O. The molecule has 3 N–H and O–H groups in total. The van der Waals surface area contributed by atoms with Crippen molar-refractivity contribution < 1.29 is 4.79 Å². The van der Waals surface area contributed by atoms with Crippen LogP contribution in [-0.2, 0) is 4.79 Å². The number of nitrogens with two attached hydrogens (primary N) is 1. The van der Waals surface area contributed by atoms with Crippen LogP contribution < -0.4 is 11.1 Å². The van der Waals surface area contributed by atoms with Crippen molar-refractivity contribution in [2.75, 3.05) is 0 Å². The fourth-order valence-electron chi connectivity index (χ4n) is 1.60. The first-order valence-electron chi connectivity index (χ1n) is 6.04. The Hall–Kier alpha value is -0.870. The number of amides is 1. The van der Waals surface area contributed by atoms with Crippen molar-refractivity contribution in [1.82, 2.24) is 5.32 Å². The van der Waals surface area contributed by atoms with E-state index in [1.165, 1.54) is 0 Å². The van der Waals surface area contributed by atoms with E-state index in [9.17, 15) is 4.79 Å². The maximum absolute atomic E-state index is 12.0. The van der Waals surface area contributed by atoms with Crippen molar-refractivity contribution in [1.29, 1.82) is 0 Å². The van der Waals surface area contributed by atoms with Crippen LogP contribution in [-0.4, -0.2) is 11.9 Å². The Morgan fingerprint density at radius 1 is 1.33 bits per heavy atom. The van der Waals surface area contributed by atoms with Crippen LogP contribution in [0.2, 0.25) is 0 Å². The lowest BCUT2D eigenvalue weighted by Gasteiger charge is -2.27. The highest BCUT2D eigenvalue weighted by molar-refractivity contribution is 9.10. The Morgan fingerprint density at radius 3 is 2.39 bits per heavy atom. The molecular weight excluding hydrogens is 292 g/mol. The number of nitrogens with one attached hydrogen (secondary N) is 1. The zero-order chi connectivity index (χ0) is 13.9. The molecule has 1 rings (SSSR count). The van der Waals surface area contributed by atoms with Gasteiger partial charge >= 0.3 is 0 Å². The number of hydrogen-bond acceptors (Lipinski definition) is 2. The number of hydrogen-bond donors (Lipinski definition) is 2. The third-order valence-corrected chi connectivity index (χ3v) is 3.67. The van der Waals surface area contributed by atoms with Gasteiger partial charge in [-0.05, 0) is 24.0 Å². The summed E-state index contributed by atoms with van der Waals surface area (Å²) in [5.41, 5.74) is 6.74. The summed E-state index contributed by atoms with van der Waals surface area (Å²) in [6.45, 7) is 7.83. The van der Waals surface area contributed by atoms with Gasteiger partial charge in [0.15, 0.2) is 0 Å². The standard InChI is InChI=1S/C14H21BrN2O/c1-9(10-7-5-6-8-11(10)15)17-13(18)12(16)14(2,3)4/h5-9,12H,16H2,1-4H3,(H,17,18)/t9-,12-/m1/s1. The van der Waals surface area contributed by atoms with Crippen LogP contribution in [0.5, 0.6) is 0 Å². The first kappa shape index (κ1) is 15.2. The summed E-state index contributed by atoms with van der Waals surface area (Å²) >= 11 is 3.48. The van der Waals surface area contributed by atoms with E-state index >= 15 is 0 Å². The normalized spacial score (nSPS) is 15.0. The fourth-order valence-corrected chi connectivity index (χ4v) is 2.23. The van der Waals surface area contributed by atoms with Gasteiger partial charge in [-0.2, -0.15) is 0 Å². The Balaban J connectivity index is 2.75. The van der Waals surface area contributed by atoms with Gasteiger partial charge in [-0.3, -0.25) is 4.79 Å². The average Bonchev–Trinajstić information content (AvgIpc) is 2.27. The van der Waals surface area contributed by atoms with Crippen LogP contribution in [0.15, 0.2) is 28.7 Å². The number of halogens is 1. The maximum Gasteiger partial charge on any atom is 0.237 e. The molecule has 0 heterocycles. The lowest BCUT2D eigenvalue weighted by atomic mass is 9.86. The maximum atomic E-state index is 12.0. The molecule has 0 bridgehead atoms. The Bertz CT molecular complexity index is 426. The molecule has 3 nitrogen and oxygen atoms in total. The predicted molar refractivity (Wildman–Crippen MR) is 78.1 cm³/mol. The van der Waals surface area contributed by atoms with Crippen LogP contribution >= 0.6 is 15.9 Å². The van der Waals surface area contributed by atoms with Gasteiger partial charge < -0.3 is 11.1 Å². The number of benzene rings is 1. The third-order valence-electron chi connectivity index (χ3n) is 2.95. The minimum atomic E-state index is -0.512. The minimum absolute atomic E-state index is 0.0681. The van der Waals surface area contributed by atoms with E-state index in [1.54, 1.807) is 0 Å².